The molecule has 3 aromatic rings. The summed E-state index contributed by atoms with van der Waals surface area (Å²) in [6.07, 6.45) is 1.82. The average molecular weight is 681 g/mol. The zero-order valence-electron chi connectivity index (χ0n) is 29.5. The van der Waals surface area contributed by atoms with Crippen molar-refractivity contribution < 1.29 is 28.2 Å². The van der Waals surface area contributed by atoms with Crippen molar-refractivity contribution in [2.45, 2.75) is 103 Å². The van der Waals surface area contributed by atoms with Gasteiger partial charge in [0.1, 0.15) is 11.7 Å². The molecule has 1 N–H and O–H groups in total. The standard InChI is InChI=1S/C37H52N2O8Si/c1-8-10-22-43-25-37(26-45-48(36(5,6)7,29-18-14-12-15-19-29)30-20-16-13-17-21-30)32(44-23-11-9-2)31(46-28(4)40)34(47-37)39-24-27(3)33(41)38-35(39)42/h12-21,24,31-32,34H,8-11,22-23,25-26H2,1-7H3,(H,38,41,42)/t31-,32?,34+,37-/m0/s1. The highest BCUT2D eigenvalue weighted by Crippen LogP contribution is 2.44. The van der Waals surface area contributed by atoms with E-state index in [0.29, 0.717) is 18.8 Å². The van der Waals surface area contributed by atoms with E-state index in [9.17, 15) is 14.4 Å². The van der Waals surface area contributed by atoms with Gasteiger partial charge in [-0.3, -0.25) is 19.1 Å². The Labute approximate surface area is 284 Å². The quantitative estimate of drug-likeness (QED) is 0.132. The van der Waals surface area contributed by atoms with E-state index in [-0.39, 0.29) is 18.3 Å². The number of nitrogens with one attached hydrogen (secondary N) is 1. The summed E-state index contributed by atoms with van der Waals surface area (Å²) in [5, 5.41) is 1.85. The van der Waals surface area contributed by atoms with Crippen LogP contribution in [0.5, 0.6) is 0 Å². The lowest BCUT2D eigenvalue weighted by atomic mass is 9.96. The minimum Gasteiger partial charge on any atom is -0.455 e. The molecule has 48 heavy (non-hydrogen) atoms. The highest BCUT2D eigenvalue weighted by molar-refractivity contribution is 6.99. The van der Waals surface area contributed by atoms with Gasteiger partial charge in [-0.05, 0) is 35.2 Å². The molecule has 11 heteroatoms. The molecule has 4 atom stereocenters. The molecule has 1 aliphatic heterocycles. The van der Waals surface area contributed by atoms with Crippen molar-refractivity contribution in [3.63, 3.8) is 0 Å². The fraction of sp³-hybridized carbons (Fsp3) is 0.541. The fourth-order valence-corrected chi connectivity index (χ4v) is 11.1. The molecular formula is C37H52N2O8Si. The Kier molecular flexibility index (Phi) is 12.8. The first-order valence-electron chi connectivity index (χ1n) is 17.0. The van der Waals surface area contributed by atoms with Crippen LogP contribution in [0.25, 0.3) is 0 Å². The summed E-state index contributed by atoms with van der Waals surface area (Å²) in [4.78, 5) is 40.7. The largest absolute Gasteiger partial charge is 0.455 e. The van der Waals surface area contributed by atoms with Crippen LogP contribution >= 0.6 is 0 Å². The highest BCUT2D eigenvalue weighted by Gasteiger charge is 2.61. The van der Waals surface area contributed by atoms with Crippen molar-refractivity contribution in [3.8, 4) is 0 Å². The van der Waals surface area contributed by atoms with Gasteiger partial charge < -0.3 is 23.4 Å². The Morgan fingerprint density at radius 3 is 2.06 bits per heavy atom. The topological polar surface area (TPSA) is 118 Å². The SMILES string of the molecule is CCCCOC[C@@]1(CO[Si](c2ccccc2)(c2ccccc2)C(C)(C)C)O[C@@H](n2cc(C)c(=O)[nH]c2=O)[C@@H](OC(C)=O)C1OCCCC. The van der Waals surface area contributed by atoms with Gasteiger partial charge in [0.2, 0.25) is 0 Å². The van der Waals surface area contributed by atoms with E-state index in [1.54, 1.807) is 6.92 Å². The molecule has 0 aliphatic carbocycles. The van der Waals surface area contributed by atoms with Gasteiger partial charge in [0.15, 0.2) is 12.3 Å². The molecule has 10 nitrogen and oxygen atoms in total. The summed E-state index contributed by atoms with van der Waals surface area (Å²) in [5.41, 5.74) is -2.18. The molecule has 4 rings (SSSR count). The first-order valence-corrected chi connectivity index (χ1v) is 18.9. The number of carbonyl (C=O) groups is 1. The maximum absolute atomic E-state index is 13.3. The number of carbonyl (C=O) groups excluding carboxylic acids is 1. The molecule has 262 valence electrons. The number of esters is 1. The maximum Gasteiger partial charge on any atom is 0.330 e. The molecule has 1 unspecified atom stereocenters. The minimum absolute atomic E-state index is 0.0224. The van der Waals surface area contributed by atoms with Crippen LogP contribution in [0.2, 0.25) is 5.04 Å². The Balaban J connectivity index is 1.92. The second-order valence-corrected chi connectivity index (χ2v) is 17.9. The average Bonchev–Trinajstić information content (AvgIpc) is 3.33. The Morgan fingerprint density at radius 2 is 1.52 bits per heavy atom. The summed E-state index contributed by atoms with van der Waals surface area (Å²) in [7, 11) is -3.08. The molecular weight excluding hydrogens is 628 g/mol. The molecule has 0 bridgehead atoms. The zero-order chi connectivity index (χ0) is 35.0. The van der Waals surface area contributed by atoms with Crippen molar-refractivity contribution in [2.24, 2.45) is 0 Å². The van der Waals surface area contributed by atoms with E-state index < -0.39 is 49.6 Å². The molecule has 0 saturated carbocycles. The molecule has 1 saturated heterocycles. The highest BCUT2D eigenvalue weighted by atomic mass is 28.4. The number of unbranched alkanes of at least 4 members (excludes halogenated alkanes) is 2. The monoisotopic (exact) mass is 680 g/mol. The van der Waals surface area contributed by atoms with Crippen molar-refractivity contribution in [1.82, 2.24) is 9.55 Å². The summed E-state index contributed by atoms with van der Waals surface area (Å²) >= 11 is 0. The van der Waals surface area contributed by atoms with Gasteiger partial charge >= 0.3 is 11.7 Å². The summed E-state index contributed by atoms with van der Waals surface area (Å²) in [6, 6.07) is 20.6. The normalized spacial score (nSPS) is 21.4. The number of rotatable bonds is 16. The predicted molar refractivity (Wildman–Crippen MR) is 188 cm³/mol. The molecule has 0 spiro atoms. The van der Waals surface area contributed by atoms with Gasteiger partial charge in [-0.1, -0.05) is 108 Å². The smallest absolute Gasteiger partial charge is 0.330 e. The van der Waals surface area contributed by atoms with E-state index in [4.69, 9.17) is 23.4 Å². The predicted octanol–water partition coefficient (Wildman–Crippen LogP) is 4.62. The van der Waals surface area contributed by atoms with E-state index in [1.165, 1.54) is 17.7 Å². The van der Waals surface area contributed by atoms with Crippen LogP contribution in [-0.4, -0.2) is 68.1 Å². The van der Waals surface area contributed by atoms with Crippen molar-refractivity contribution in [1.29, 1.82) is 0 Å². The van der Waals surface area contributed by atoms with Crippen LogP contribution in [0.1, 0.15) is 79.0 Å². The van der Waals surface area contributed by atoms with Crippen molar-refractivity contribution in [2.75, 3.05) is 26.4 Å². The number of hydrogen-bond acceptors (Lipinski definition) is 8. The molecule has 1 aliphatic rings. The number of aryl methyl sites for hydroxylation is 1. The fourth-order valence-electron chi connectivity index (χ4n) is 6.48. The second kappa shape index (κ2) is 16.4. The van der Waals surface area contributed by atoms with Crippen molar-refractivity contribution in [3.05, 3.63) is 93.3 Å². The lowest BCUT2D eigenvalue weighted by Crippen LogP contribution is -2.68. The minimum atomic E-state index is -3.08. The number of aromatic nitrogens is 2. The summed E-state index contributed by atoms with van der Waals surface area (Å²) < 4.78 is 34.5. The van der Waals surface area contributed by atoms with E-state index in [1.807, 2.05) is 36.4 Å². The maximum atomic E-state index is 13.3. The van der Waals surface area contributed by atoms with Gasteiger partial charge in [0.05, 0.1) is 13.2 Å². The number of hydrogen-bond donors (Lipinski definition) is 1. The summed E-state index contributed by atoms with van der Waals surface area (Å²) in [5.74, 6) is -0.553. The van der Waals surface area contributed by atoms with Gasteiger partial charge in [-0.2, -0.15) is 0 Å². The lowest BCUT2D eigenvalue weighted by Gasteiger charge is -2.45. The van der Waals surface area contributed by atoms with E-state index in [2.05, 4.69) is 63.9 Å². The van der Waals surface area contributed by atoms with Crippen LogP contribution < -0.4 is 21.6 Å². The zero-order valence-corrected chi connectivity index (χ0v) is 30.5. The molecule has 0 radical (unpaired) electrons. The Morgan fingerprint density at radius 1 is 0.938 bits per heavy atom. The van der Waals surface area contributed by atoms with E-state index in [0.717, 1.165) is 36.1 Å². The molecule has 0 amide bonds. The Hall–Kier alpha value is -3.35. The molecule has 2 heterocycles. The van der Waals surface area contributed by atoms with Crippen LogP contribution in [0.15, 0.2) is 76.4 Å². The number of aromatic amines is 1. The van der Waals surface area contributed by atoms with Crippen molar-refractivity contribution >= 4 is 24.7 Å². The first-order chi connectivity index (χ1) is 22.9. The molecule has 1 aromatic heterocycles. The van der Waals surface area contributed by atoms with Gasteiger partial charge in [0.25, 0.3) is 13.9 Å². The molecule has 1 fully saturated rings. The number of H-pyrrole nitrogens is 1. The number of benzene rings is 2. The van der Waals surface area contributed by atoms with Crippen LogP contribution in [0, 0.1) is 6.92 Å². The number of nitrogens with zero attached hydrogens (tertiary/aromatic N) is 1. The molecule has 2 aromatic carbocycles. The van der Waals surface area contributed by atoms with Gasteiger partial charge in [-0.25, -0.2) is 4.79 Å². The van der Waals surface area contributed by atoms with Crippen LogP contribution in [0.4, 0.5) is 0 Å². The van der Waals surface area contributed by atoms with Gasteiger partial charge in [-0.15, -0.1) is 0 Å². The number of ether oxygens (including phenoxy) is 4. The third-order valence-corrected chi connectivity index (χ3v) is 13.9. The summed E-state index contributed by atoms with van der Waals surface area (Å²) in [6.45, 7) is 14.6. The second-order valence-electron chi connectivity index (χ2n) is 13.6. The third-order valence-electron chi connectivity index (χ3n) is 8.91. The Bertz CT molecular complexity index is 1550. The van der Waals surface area contributed by atoms with Gasteiger partial charge in [0, 0.05) is 31.9 Å². The van der Waals surface area contributed by atoms with Crippen LogP contribution in [0.3, 0.4) is 0 Å². The van der Waals surface area contributed by atoms with Crippen LogP contribution in [-0.2, 0) is 28.2 Å². The third kappa shape index (κ3) is 8.09. The van der Waals surface area contributed by atoms with E-state index >= 15 is 0 Å². The lowest BCUT2D eigenvalue weighted by molar-refractivity contribution is -0.169. The first kappa shape index (κ1) is 37.5.